The molecule has 3 rings (SSSR count). The van der Waals surface area contributed by atoms with Crippen molar-refractivity contribution in [3.63, 3.8) is 0 Å². The van der Waals surface area contributed by atoms with Crippen molar-refractivity contribution < 1.29 is 13.5 Å². The molecule has 2 aromatic carbocycles. The van der Waals surface area contributed by atoms with Crippen LogP contribution in [0.3, 0.4) is 0 Å². The molecule has 0 saturated carbocycles. The molecule has 1 aliphatic rings. The van der Waals surface area contributed by atoms with Crippen molar-refractivity contribution in [2.75, 3.05) is 10.8 Å². The molecule has 0 amide bonds. The second kappa shape index (κ2) is 5.41. The van der Waals surface area contributed by atoms with E-state index in [4.69, 9.17) is 0 Å². The topological polar surface area (TPSA) is 57.6 Å². The van der Waals surface area contributed by atoms with Crippen LogP contribution >= 0.6 is 0 Å². The summed E-state index contributed by atoms with van der Waals surface area (Å²) in [7, 11) is -3.62. The van der Waals surface area contributed by atoms with Gasteiger partial charge in [-0.05, 0) is 43.5 Å². The minimum Gasteiger partial charge on any atom is -0.388 e. The molecule has 1 atom stereocenters. The quantitative estimate of drug-likeness (QED) is 0.926. The highest BCUT2D eigenvalue weighted by molar-refractivity contribution is 7.92. The molecule has 1 heterocycles. The van der Waals surface area contributed by atoms with Crippen LogP contribution < -0.4 is 4.31 Å². The molecule has 0 saturated heterocycles. The first kappa shape index (κ1) is 15.1. The van der Waals surface area contributed by atoms with Gasteiger partial charge in [-0.1, -0.05) is 30.3 Å². The number of aryl methyl sites for hydroxylation is 2. The van der Waals surface area contributed by atoms with E-state index in [9.17, 15) is 13.5 Å². The van der Waals surface area contributed by atoms with Crippen LogP contribution in [0.4, 0.5) is 5.69 Å². The highest BCUT2D eigenvalue weighted by Gasteiger charge is 2.33. The minimum atomic E-state index is -3.62. The molecule has 116 valence electrons. The zero-order valence-corrected chi connectivity index (χ0v) is 13.5. The third-order valence-corrected chi connectivity index (χ3v) is 5.86. The van der Waals surface area contributed by atoms with E-state index >= 15 is 0 Å². The number of hydrogen-bond acceptors (Lipinski definition) is 3. The highest BCUT2D eigenvalue weighted by atomic mass is 32.2. The number of nitrogens with zero attached hydrogens (tertiary/aromatic N) is 1. The van der Waals surface area contributed by atoms with E-state index in [1.165, 1.54) is 4.31 Å². The highest BCUT2D eigenvalue weighted by Crippen LogP contribution is 2.39. The number of benzene rings is 2. The van der Waals surface area contributed by atoms with Crippen LogP contribution in [0.2, 0.25) is 0 Å². The van der Waals surface area contributed by atoms with Gasteiger partial charge >= 0.3 is 0 Å². The van der Waals surface area contributed by atoms with Crippen LogP contribution in [-0.2, 0) is 10.0 Å². The average Bonchev–Trinajstić information content (AvgIpc) is 2.48. The molecule has 0 spiro atoms. The zero-order chi connectivity index (χ0) is 15.9. The molecule has 1 unspecified atom stereocenters. The number of sulfonamides is 1. The number of fused-ring (bicyclic) bond motifs is 1. The number of hydrogen-bond donors (Lipinski definition) is 1. The van der Waals surface area contributed by atoms with Crippen molar-refractivity contribution >= 4 is 15.7 Å². The molecule has 22 heavy (non-hydrogen) atoms. The molecular weight excluding hydrogens is 298 g/mol. The van der Waals surface area contributed by atoms with E-state index in [2.05, 4.69) is 0 Å². The first-order chi connectivity index (χ1) is 10.4. The lowest BCUT2D eigenvalue weighted by Gasteiger charge is -2.34. The third kappa shape index (κ3) is 2.40. The summed E-state index contributed by atoms with van der Waals surface area (Å²) in [6, 6.07) is 12.4. The van der Waals surface area contributed by atoms with Gasteiger partial charge in [-0.25, -0.2) is 8.42 Å². The van der Waals surface area contributed by atoms with Gasteiger partial charge < -0.3 is 5.11 Å². The summed E-state index contributed by atoms with van der Waals surface area (Å²) in [5, 5.41) is 10.2. The molecule has 2 aromatic rings. The van der Waals surface area contributed by atoms with Crippen LogP contribution in [-0.4, -0.2) is 20.1 Å². The second-order valence-electron chi connectivity index (χ2n) is 5.71. The van der Waals surface area contributed by atoms with Crippen LogP contribution in [0, 0.1) is 13.8 Å². The molecule has 1 aliphatic heterocycles. The fraction of sp³-hybridized carbons (Fsp3) is 0.294. The smallest absolute Gasteiger partial charge is 0.264 e. The second-order valence-corrected chi connectivity index (χ2v) is 7.57. The van der Waals surface area contributed by atoms with Gasteiger partial charge in [0.15, 0.2) is 0 Å². The monoisotopic (exact) mass is 317 g/mol. The van der Waals surface area contributed by atoms with E-state index < -0.39 is 16.1 Å². The Morgan fingerprint density at radius 1 is 1.14 bits per heavy atom. The third-order valence-electron chi connectivity index (χ3n) is 4.06. The van der Waals surface area contributed by atoms with Gasteiger partial charge in [0.25, 0.3) is 10.0 Å². The first-order valence-corrected chi connectivity index (χ1v) is 8.72. The standard InChI is InChI=1S/C17H19NO3S/c1-12-5-3-7-14(11-12)22(20,21)18-10-9-16(19)15-8-4-6-13(2)17(15)18/h3-8,11,16,19H,9-10H2,1-2H3. The molecular formula is C17H19NO3S. The number of para-hydroxylation sites is 1. The van der Waals surface area contributed by atoms with Crippen LogP contribution in [0.15, 0.2) is 47.4 Å². The van der Waals surface area contributed by atoms with Gasteiger partial charge in [0.1, 0.15) is 0 Å². The van der Waals surface area contributed by atoms with Crippen LogP contribution in [0.25, 0.3) is 0 Å². The van der Waals surface area contributed by atoms with Crippen molar-refractivity contribution in [1.29, 1.82) is 0 Å². The van der Waals surface area contributed by atoms with Crippen molar-refractivity contribution in [2.24, 2.45) is 0 Å². The Bertz CT molecular complexity index is 814. The van der Waals surface area contributed by atoms with E-state index in [1.807, 2.05) is 32.0 Å². The zero-order valence-electron chi connectivity index (χ0n) is 12.7. The van der Waals surface area contributed by atoms with Crippen molar-refractivity contribution in [2.45, 2.75) is 31.3 Å². The number of anilines is 1. The number of rotatable bonds is 2. The predicted molar refractivity (Wildman–Crippen MR) is 86.5 cm³/mol. The predicted octanol–water partition coefficient (Wildman–Crippen LogP) is 2.94. The summed E-state index contributed by atoms with van der Waals surface area (Å²) in [5.41, 5.74) is 3.06. The first-order valence-electron chi connectivity index (χ1n) is 7.28. The Kier molecular flexibility index (Phi) is 3.70. The summed E-state index contributed by atoms with van der Waals surface area (Å²) in [5.74, 6) is 0. The normalized spacial score (nSPS) is 18.1. The Morgan fingerprint density at radius 3 is 2.59 bits per heavy atom. The van der Waals surface area contributed by atoms with Gasteiger partial charge in [0, 0.05) is 12.1 Å². The van der Waals surface area contributed by atoms with Gasteiger partial charge in [-0.15, -0.1) is 0 Å². The fourth-order valence-corrected chi connectivity index (χ4v) is 4.62. The van der Waals surface area contributed by atoms with E-state index in [-0.39, 0.29) is 11.4 Å². The number of aliphatic hydroxyl groups is 1. The molecule has 0 fully saturated rings. The maximum absolute atomic E-state index is 13.0. The molecule has 1 N–H and O–H groups in total. The van der Waals surface area contributed by atoms with Gasteiger partial charge in [0.05, 0.1) is 16.7 Å². The van der Waals surface area contributed by atoms with Crippen LogP contribution in [0.5, 0.6) is 0 Å². The Hall–Kier alpha value is -1.85. The maximum atomic E-state index is 13.0. The lowest BCUT2D eigenvalue weighted by atomic mass is 9.98. The molecule has 0 aliphatic carbocycles. The lowest BCUT2D eigenvalue weighted by molar-refractivity contribution is 0.166. The van der Waals surface area contributed by atoms with Gasteiger partial charge in [0.2, 0.25) is 0 Å². The van der Waals surface area contributed by atoms with Crippen molar-refractivity contribution in [3.05, 3.63) is 59.2 Å². The number of aliphatic hydroxyl groups excluding tert-OH is 1. The maximum Gasteiger partial charge on any atom is 0.264 e. The van der Waals surface area contributed by atoms with Gasteiger partial charge in [-0.3, -0.25) is 4.31 Å². The minimum absolute atomic E-state index is 0.287. The summed E-state index contributed by atoms with van der Waals surface area (Å²) in [6.45, 7) is 4.03. The summed E-state index contributed by atoms with van der Waals surface area (Å²) >= 11 is 0. The molecule has 0 radical (unpaired) electrons. The van der Waals surface area contributed by atoms with E-state index in [0.29, 0.717) is 17.7 Å². The molecule has 5 heteroatoms. The summed E-state index contributed by atoms with van der Waals surface area (Å²) in [6.07, 6.45) is -0.208. The summed E-state index contributed by atoms with van der Waals surface area (Å²) < 4.78 is 27.4. The lowest BCUT2D eigenvalue weighted by Crippen LogP contribution is -2.37. The van der Waals surface area contributed by atoms with Gasteiger partial charge in [-0.2, -0.15) is 0 Å². The van der Waals surface area contributed by atoms with Crippen molar-refractivity contribution in [1.82, 2.24) is 0 Å². The summed E-state index contributed by atoms with van der Waals surface area (Å²) in [4.78, 5) is 0.290. The van der Waals surface area contributed by atoms with E-state index in [0.717, 1.165) is 11.1 Å². The van der Waals surface area contributed by atoms with Crippen molar-refractivity contribution in [3.8, 4) is 0 Å². The average molecular weight is 317 g/mol. The van der Waals surface area contributed by atoms with Crippen LogP contribution in [0.1, 0.15) is 29.2 Å². The Balaban J connectivity index is 2.16. The SMILES string of the molecule is Cc1cccc(S(=O)(=O)N2CCC(O)c3cccc(C)c32)c1. The molecule has 4 nitrogen and oxygen atoms in total. The molecule has 0 aromatic heterocycles. The Labute approximate surface area is 131 Å². The Morgan fingerprint density at radius 2 is 1.86 bits per heavy atom. The van der Waals surface area contributed by atoms with E-state index in [1.54, 1.807) is 24.3 Å². The largest absolute Gasteiger partial charge is 0.388 e. The fourth-order valence-electron chi connectivity index (χ4n) is 2.94. The molecule has 0 bridgehead atoms.